The van der Waals surface area contributed by atoms with Gasteiger partial charge >= 0.3 is 5.91 Å². The van der Waals surface area contributed by atoms with Crippen LogP contribution in [-0.4, -0.2) is 20.0 Å². The summed E-state index contributed by atoms with van der Waals surface area (Å²) in [5.74, 6) is -0.212. The number of carbonyl (C=O) groups is 1. The van der Waals surface area contributed by atoms with Gasteiger partial charge in [-0.05, 0) is 18.2 Å². The fraction of sp³-hybridized carbons (Fsp3) is 0.222. The number of hydrogen-bond acceptors (Lipinski definition) is 3. The van der Waals surface area contributed by atoms with Crippen molar-refractivity contribution >= 4 is 17.3 Å². The second-order valence-corrected chi connectivity index (χ2v) is 3.09. The second kappa shape index (κ2) is 3.45. The number of hydrogen-bond donors (Lipinski definition) is 2. The van der Waals surface area contributed by atoms with Crippen LogP contribution in [-0.2, 0) is 0 Å². The predicted octanol–water partition coefficient (Wildman–Crippen LogP) is -0.283. The number of anilines is 2. The summed E-state index contributed by atoms with van der Waals surface area (Å²) in [6.45, 7) is 0. The van der Waals surface area contributed by atoms with E-state index in [0.717, 1.165) is 5.69 Å². The third-order valence-corrected chi connectivity index (χ3v) is 1.80. The number of rotatable bonds is 2. The Morgan fingerprint density at radius 2 is 2.08 bits per heavy atom. The van der Waals surface area contributed by atoms with Crippen LogP contribution in [0.3, 0.4) is 0 Å². The van der Waals surface area contributed by atoms with Crippen LogP contribution >= 0.6 is 0 Å². The van der Waals surface area contributed by atoms with E-state index in [2.05, 4.69) is 5.73 Å². The van der Waals surface area contributed by atoms with Crippen LogP contribution in [0.15, 0.2) is 18.2 Å². The first-order valence-corrected chi connectivity index (χ1v) is 3.95. The maximum Gasteiger partial charge on any atom is 0.343 e. The zero-order chi connectivity index (χ0) is 10.0. The van der Waals surface area contributed by atoms with E-state index in [9.17, 15) is 4.79 Å². The van der Waals surface area contributed by atoms with Crippen LogP contribution in [0, 0.1) is 0 Å². The van der Waals surface area contributed by atoms with Gasteiger partial charge in [0.1, 0.15) is 5.56 Å². The quantitative estimate of drug-likeness (QED) is 0.614. The van der Waals surface area contributed by atoms with E-state index in [1.54, 1.807) is 12.1 Å². The number of nitrogens with two attached hydrogens (primary N) is 1. The molecule has 1 aromatic carbocycles. The summed E-state index contributed by atoms with van der Waals surface area (Å²) < 4.78 is 0. The SMILES string of the molecule is CN(C)c1ccc(N)cc1C([NH3+])=O. The van der Waals surface area contributed by atoms with Gasteiger partial charge in [-0.1, -0.05) is 0 Å². The molecule has 5 N–H and O–H groups in total. The van der Waals surface area contributed by atoms with Crippen LogP contribution in [0.1, 0.15) is 10.4 Å². The van der Waals surface area contributed by atoms with Crippen LogP contribution < -0.4 is 16.4 Å². The molecule has 70 valence electrons. The fourth-order valence-electron chi connectivity index (χ4n) is 1.17. The van der Waals surface area contributed by atoms with Crippen molar-refractivity contribution in [2.75, 3.05) is 24.7 Å². The van der Waals surface area contributed by atoms with E-state index >= 15 is 0 Å². The lowest BCUT2D eigenvalue weighted by Gasteiger charge is -2.14. The van der Waals surface area contributed by atoms with Crippen molar-refractivity contribution in [3.8, 4) is 0 Å². The summed E-state index contributed by atoms with van der Waals surface area (Å²) >= 11 is 0. The van der Waals surface area contributed by atoms with Gasteiger partial charge in [0.25, 0.3) is 0 Å². The van der Waals surface area contributed by atoms with Crippen molar-refractivity contribution in [3.05, 3.63) is 23.8 Å². The van der Waals surface area contributed by atoms with Crippen LogP contribution in [0.2, 0.25) is 0 Å². The maximum absolute atomic E-state index is 11.1. The van der Waals surface area contributed by atoms with Gasteiger partial charge in [-0.2, -0.15) is 0 Å². The van der Waals surface area contributed by atoms with Gasteiger partial charge in [-0.3, -0.25) is 5.73 Å². The number of nitrogens with zero attached hydrogens (tertiary/aromatic N) is 1. The monoisotopic (exact) mass is 180 g/mol. The van der Waals surface area contributed by atoms with E-state index in [1.807, 2.05) is 25.1 Å². The second-order valence-electron chi connectivity index (χ2n) is 3.09. The number of carbonyl (C=O) groups excluding carboxylic acids is 1. The molecule has 0 radical (unpaired) electrons. The third kappa shape index (κ3) is 1.97. The lowest BCUT2D eigenvalue weighted by molar-refractivity contribution is -0.254. The first-order valence-electron chi connectivity index (χ1n) is 3.95. The molecule has 0 bridgehead atoms. The van der Waals surface area contributed by atoms with Crippen molar-refractivity contribution in [2.24, 2.45) is 0 Å². The first kappa shape index (κ1) is 9.54. The molecule has 4 heteroatoms. The van der Waals surface area contributed by atoms with Gasteiger partial charge in [0.05, 0.1) is 5.69 Å². The Bertz CT molecular complexity index is 334. The van der Waals surface area contributed by atoms with E-state index in [1.165, 1.54) is 0 Å². The van der Waals surface area contributed by atoms with Crippen molar-refractivity contribution < 1.29 is 10.5 Å². The number of benzene rings is 1. The molecular formula is C9H14N3O+. The molecule has 0 heterocycles. The van der Waals surface area contributed by atoms with E-state index in [4.69, 9.17) is 5.73 Å². The number of nitrogen functional groups attached to an aromatic ring is 1. The minimum atomic E-state index is -0.212. The number of amides is 1. The minimum Gasteiger partial charge on any atom is -0.399 e. The standard InChI is InChI=1S/C9H13N3O/c1-12(2)8-4-3-6(10)5-7(8)9(11)13/h3-5H,10H2,1-2H3,(H2,11,13)/p+1. The largest absolute Gasteiger partial charge is 0.399 e. The van der Waals surface area contributed by atoms with Gasteiger partial charge < -0.3 is 10.6 Å². The Labute approximate surface area is 77.1 Å². The maximum atomic E-state index is 11.1. The Kier molecular flexibility index (Phi) is 2.53. The van der Waals surface area contributed by atoms with Crippen LogP contribution in [0.5, 0.6) is 0 Å². The zero-order valence-corrected chi connectivity index (χ0v) is 7.87. The highest BCUT2D eigenvalue weighted by atomic mass is 16.1. The molecular weight excluding hydrogens is 166 g/mol. The summed E-state index contributed by atoms with van der Waals surface area (Å²) in [6, 6.07) is 5.22. The van der Waals surface area contributed by atoms with Crippen LogP contribution in [0.25, 0.3) is 0 Å². The van der Waals surface area contributed by atoms with Crippen molar-refractivity contribution in [3.63, 3.8) is 0 Å². The summed E-state index contributed by atoms with van der Waals surface area (Å²) in [5.41, 5.74) is 10.9. The normalized spacial score (nSPS) is 9.77. The molecule has 1 amide bonds. The van der Waals surface area contributed by atoms with Gasteiger partial charge in [0.2, 0.25) is 0 Å². The van der Waals surface area contributed by atoms with Gasteiger partial charge in [0.15, 0.2) is 0 Å². The Balaban J connectivity index is 3.27. The molecule has 1 aromatic rings. The Morgan fingerprint density at radius 1 is 1.46 bits per heavy atom. The predicted molar refractivity (Wildman–Crippen MR) is 52.4 cm³/mol. The van der Waals surface area contributed by atoms with Gasteiger partial charge in [-0.25, -0.2) is 4.79 Å². The molecule has 0 aliphatic carbocycles. The zero-order valence-electron chi connectivity index (χ0n) is 7.87. The van der Waals surface area contributed by atoms with Gasteiger partial charge in [0, 0.05) is 19.8 Å². The molecule has 0 aromatic heterocycles. The smallest absolute Gasteiger partial charge is 0.343 e. The molecule has 0 aliphatic rings. The van der Waals surface area contributed by atoms with Crippen molar-refractivity contribution in [1.82, 2.24) is 0 Å². The van der Waals surface area contributed by atoms with Gasteiger partial charge in [-0.15, -0.1) is 0 Å². The molecule has 0 aliphatic heterocycles. The summed E-state index contributed by atoms with van der Waals surface area (Å²) in [7, 11) is 3.75. The average Bonchev–Trinajstić information content (AvgIpc) is 2.03. The molecule has 13 heavy (non-hydrogen) atoms. The summed E-state index contributed by atoms with van der Waals surface area (Å²) in [5, 5.41) is 0. The third-order valence-electron chi connectivity index (χ3n) is 1.80. The molecule has 0 fully saturated rings. The van der Waals surface area contributed by atoms with E-state index in [-0.39, 0.29) is 5.91 Å². The highest BCUT2D eigenvalue weighted by molar-refractivity contribution is 5.94. The average molecular weight is 180 g/mol. The minimum absolute atomic E-state index is 0.212. The fourth-order valence-corrected chi connectivity index (χ4v) is 1.17. The first-order chi connectivity index (χ1) is 6.02. The van der Waals surface area contributed by atoms with Crippen LogP contribution in [0.4, 0.5) is 11.4 Å². The topological polar surface area (TPSA) is 74.0 Å². The molecule has 0 unspecified atom stereocenters. The molecule has 1 rings (SSSR count). The molecule has 0 saturated carbocycles. The molecule has 4 nitrogen and oxygen atoms in total. The Morgan fingerprint density at radius 3 is 2.54 bits per heavy atom. The highest BCUT2D eigenvalue weighted by Crippen LogP contribution is 2.20. The molecule has 0 atom stereocenters. The number of quaternary nitrogens is 1. The molecule has 0 saturated heterocycles. The lowest BCUT2D eigenvalue weighted by atomic mass is 10.1. The van der Waals surface area contributed by atoms with E-state index in [0.29, 0.717) is 11.3 Å². The van der Waals surface area contributed by atoms with Crippen molar-refractivity contribution in [1.29, 1.82) is 0 Å². The molecule has 0 spiro atoms. The summed E-state index contributed by atoms with van der Waals surface area (Å²) in [6.07, 6.45) is 0. The van der Waals surface area contributed by atoms with Crippen molar-refractivity contribution in [2.45, 2.75) is 0 Å². The summed E-state index contributed by atoms with van der Waals surface area (Å²) in [4.78, 5) is 13.0. The Hall–Kier alpha value is -1.55. The van der Waals surface area contributed by atoms with E-state index < -0.39 is 0 Å². The highest BCUT2D eigenvalue weighted by Gasteiger charge is 2.12. The lowest BCUT2D eigenvalue weighted by Crippen LogP contribution is -2.57.